The van der Waals surface area contributed by atoms with Gasteiger partial charge in [-0.25, -0.2) is 0 Å². The molecule has 0 atom stereocenters. The van der Waals surface area contributed by atoms with Crippen molar-refractivity contribution >= 4 is 5.69 Å². The van der Waals surface area contributed by atoms with Crippen LogP contribution in [0.2, 0.25) is 0 Å². The highest BCUT2D eigenvalue weighted by molar-refractivity contribution is 5.54. The molecular weight excluding hydrogens is 254 g/mol. The lowest BCUT2D eigenvalue weighted by Gasteiger charge is -2.16. The monoisotopic (exact) mass is 285 g/mol. The number of hydrogen-bond donors (Lipinski definition) is 1. The Hall–Kier alpha value is -1.50. The third kappa shape index (κ3) is 5.41. The summed E-state index contributed by atoms with van der Waals surface area (Å²) in [6.07, 6.45) is 2.23. The molecule has 0 bridgehead atoms. The molecule has 0 aliphatic rings. The lowest BCUT2D eigenvalue weighted by molar-refractivity contribution is 0.647. The van der Waals surface area contributed by atoms with E-state index in [1.807, 2.05) is 0 Å². The summed E-state index contributed by atoms with van der Waals surface area (Å²) in [5, 5.41) is 3.57. The molecule has 0 aliphatic heterocycles. The van der Waals surface area contributed by atoms with Crippen LogP contribution in [0.15, 0.2) is 41.5 Å². The van der Waals surface area contributed by atoms with Crippen LogP contribution in [0.25, 0.3) is 0 Å². The Bertz CT molecular complexity index is 521. The number of nitrogens with one attached hydrogen (secondary N) is 1. The first-order valence-electron chi connectivity index (χ1n) is 8.03. The Morgan fingerprint density at radius 2 is 1.90 bits per heavy atom. The Labute approximate surface area is 131 Å². The first-order valence-corrected chi connectivity index (χ1v) is 8.03. The molecule has 1 heteroatoms. The summed E-state index contributed by atoms with van der Waals surface area (Å²) in [6.45, 7) is 18.2. The average molecular weight is 285 g/mol. The predicted octanol–water partition coefficient (Wildman–Crippen LogP) is 5.91. The molecule has 0 amide bonds. The summed E-state index contributed by atoms with van der Waals surface area (Å²) in [7, 11) is 0. The van der Waals surface area contributed by atoms with Gasteiger partial charge in [0.25, 0.3) is 0 Å². The van der Waals surface area contributed by atoms with Gasteiger partial charge in [0.15, 0.2) is 0 Å². The summed E-state index contributed by atoms with van der Waals surface area (Å²) in [5.74, 6) is 0.702. The van der Waals surface area contributed by atoms with E-state index >= 15 is 0 Å². The third-order valence-corrected chi connectivity index (χ3v) is 3.95. The molecule has 1 rings (SSSR count). The standard InChI is InChI=1S/C20H31N/c1-8-16(6)19(15(4)5)13-21-20-10-9-18(11-14(2)3)12-17(20)7/h9-10,12,14,21H,4,8,11,13H2,1-3,5-7H3/b19-16-. The van der Waals surface area contributed by atoms with E-state index in [0.717, 1.165) is 25.0 Å². The number of benzene rings is 1. The normalized spacial score (nSPS) is 12.3. The van der Waals surface area contributed by atoms with Crippen LogP contribution in [0, 0.1) is 12.8 Å². The topological polar surface area (TPSA) is 12.0 Å². The van der Waals surface area contributed by atoms with E-state index in [2.05, 4.69) is 71.6 Å². The van der Waals surface area contributed by atoms with Gasteiger partial charge in [-0.3, -0.25) is 0 Å². The van der Waals surface area contributed by atoms with Gasteiger partial charge in [0.05, 0.1) is 0 Å². The molecule has 0 radical (unpaired) electrons. The third-order valence-electron chi connectivity index (χ3n) is 3.95. The van der Waals surface area contributed by atoms with Crippen molar-refractivity contribution in [3.8, 4) is 0 Å². The molecule has 0 unspecified atom stereocenters. The summed E-state index contributed by atoms with van der Waals surface area (Å²) >= 11 is 0. The highest BCUT2D eigenvalue weighted by atomic mass is 14.9. The number of anilines is 1. The second kappa shape index (κ2) is 8.07. The lowest BCUT2D eigenvalue weighted by atomic mass is 9.99. The van der Waals surface area contributed by atoms with Gasteiger partial charge in [-0.2, -0.15) is 0 Å². The van der Waals surface area contributed by atoms with Crippen LogP contribution in [0.5, 0.6) is 0 Å². The van der Waals surface area contributed by atoms with Gasteiger partial charge in [-0.1, -0.05) is 50.6 Å². The molecule has 0 heterocycles. The SMILES string of the molecule is C=C(C)/C(CNc1ccc(CC(C)C)cc1C)=C(/C)CC. The predicted molar refractivity (Wildman–Crippen MR) is 96.0 cm³/mol. The van der Waals surface area contributed by atoms with E-state index in [1.54, 1.807) is 0 Å². The first-order chi connectivity index (χ1) is 9.85. The summed E-state index contributed by atoms with van der Waals surface area (Å²) < 4.78 is 0. The first kappa shape index (κ1) is 17.6. The fourth-order valence-corrected chi connectivity index (χ4v) is 2.59. The van der Waals surface area contributed by atoms with Gasteiger partial charge in [-0.05, 0) is 62.3 Å². The molecule has 21 heavy (non-hydrogen) atoms. The molecular formula is C20H31N. The minimum absolute atomic E-state index is 0.702. The van der Waals surface area contributed by atoms with Crippen LogP contribution in [0.3, 0.4) is 0 Å². The van der Waals surface area contributed by atoms with Crippen molar-refractivity contribution in [3.05, 3.63) is 52.6 Å². The van der Waals surface area contributed by atoms with Crippen LogP contribution in [-0.4, -0.2) is 6.54 Å². The van der Waals surface area contributed by atoms with Crippen LogP contribution < -0.4 is 5.32 Å². The van der Waals surface area contributed by atoms with Crippen molar-refractivity contribution in [2.24, 2.45) is 5.92 Å². The van der Waals surface area contributed by atoms with Crippen LogP contribution in [0.1, 0.15) is 52.2 Å². The molecule has 0 fully saturated rings. The lowest BCUT2D eigenvalue weighted by Crippen LogP contribution is -2.09. The minimum atomic E-state index is 0.702. The van der Waals surface area contributed by atoms with Gasteiger partial charge in [-0.15, -0.1) is 0 Å². The Morgan fingerprint density at radius 1 is 1.24 bits per heavy atom. The smallest absolute Gasteiger partial charge is 0.0402 e. The van der Waals surface area contributed by atoms with E-state index < -0.39 is 0 Å². The van der Waals surface area contributed by atoms with Crippen LogP contribution in [-0.2, 0) is 6.42 Å². The van der Waals surface area contributed by atoms with E-state index in [1.165, 1.54) is 28.0 Å². The maximum atomic E-state index is 4.11. The maximum Gasteiger partial charge on any atom is 0.0402 e. The molecule has 1 N–H and O–H groups in total. The van der Waals surface area contributed by atoms with Crippen molar-refractivity contribution in [2.75, 3.05) is 11.9 Å². The van der Waals surface area contributed by atoms with E-state index in [9.17, 15) is 0 Å². The second-order valence-corrected chi connectivity index (χ2v) is 6.49. The van der Waals surface area contributed by atoms with Gasteiger partial charge < -0.3 is 5.32 Å². The molecule has 0 aromatic heterocycles. The van der Waals surface area contributed by atoms with Crippen molar-refractivity contribution in [3.63, 3.8) is 0 Å². The number of allylic oxidation sites excluding steroid dienone is 1. The van der Waals surface area contributed by atoms with E-state index in [4.69, 9.17) is 0 Å². The van der Waals surface area contributed by atoms with Crippen LogP contribution in [0.4, 0.5) is 5.69 Å². The number of aryl methyl sites for hydroxylation is 1. The van der Waals surface area contributed by atoms with Crippen molar-refractivity contribution in [2.45, 2.75) is 54.4 Å². The van der Waals surface area contributed by atoms with E-state index in [-0.39, 0.29) is 0 Å². The molecule has 0 aliphatic carbocycles. The number of hydrogen-bond acceptors (Lipinski definition) is 1. The largest absolute Gasteiger partial charge is 0.381 e. The highest BCUT2D eigenvalue weighted by Gasteiger charge is 2.06. The zero-order valence-electron chi connectivity index (χ0n) is 14.6. The molecule has 1 aromatic rings. The average Bonchev–Trinajstić information content (AvgIpc) is 2.39. The maximum absolute atomic E-state index is 4.11. The Kier molecular flexibility index (Phi) is 6.74. The minimum Gasteiger partial charge on any atom is -0.381 e. The molecule has 116 valence electrons. The molecule has 0 saturated carbocycles. The van der Waals surface area contributed by atoms with Gasteiger partial charge in [0, 0.05) is 12.2 Å². The summed E-state index contributed by atoms with van der Waals surface area (Å²) in [5.41, 5.74) is 7.91. The molecule has 1 aromatic carbocycles. The molecule has 0 spiro atoms. The van der Waals surface area contributed by atoms with Gasteiger partial charge >= 0.3 is 0 Å². The van der Waals surface area contributed by atoms with E-state index in [0.29, 0.717) is 5.92 Å². The number of rotatable bonds is 7. The van der Waals surface area contributed by atoms with Crippen molar-refractivity contribution in [1.82, 2.24) is 0 Å². The molecule has 1 nitrogen and oxygen atoms in total. The van der Waals surface area contributed by atoms with Gasteiger partial charge in [0.2, 0.25) is 0 Å². The highest BCUT2D eigenvalue weighted by Crippen LogP contribution is 2.21. The van der Waals surface area contributed by atoms with Crippen molar-refractivity contribution < 1.29 is 0 Å². The Balaban J connectivity index is 2.82. The quantitative estimate of drug-likeness (QED) is 0.614. The Morgan fingerprint density at radius 3 is 2.38 bits per heavy atom. The van der Waals surface area contributed by atoms with Gasteiger partial charge in [0.1, 0.15) is 0 Å². The summed E-state index contributed by atoms with van der Waals surface area (Å²) in [6, 6.07) is 6.76. The molecule has 0 saturated heterocycles. The second-order valence-electron chi connectivity index (χ2n) is 6.49. The fourth-order valence-electron chi connectivity index (χ4n) is 2.59. The summed E-state index contributed by atoms with van der Waals surface area (Å²) in [4.78, 5) is 0. The van der Waals surface area contributed by atoms with Crippen LogP contribution >= 0.6 is 0 Å². The van der Waals surface area contributed by atoms with Crippen molar-refractivity contribution in [1.29, 1.82) is 0 Å². The zero-order valence-corrected chi connectivity index (χ0v) is 14.6. The zero-order chi connectivity index (χ0) is 16.0. The fraction of sp³-hybridized carbons (Fsp3) is 0.500.